The zero-order valence-electron chi connectivity index (χ0n) is 16.6. The van der Waals surface area contributed by atoms with E-state index in [2.05, 4.69) is 16.0 Å². The van der Waals surface area contributed by atoms with E-state index in [9.17, 15) is 18.4 Å². The second-order valence-electron chi connectivity index (χ2n) is 8.06. The van der Waals surface area contributed by atoms with Gasteiger partial charge in [0.2, 0.25) is 11.8 Å². The summed E-state index contributed by atoms with van der Waals surface area (Å²) in [6.07, 6.45) is 1.58. The minimum atomic E-state index is -0.870. The minimum Gasteiger partial charge on any atom is -0.356 e. The Labute approximate surface area is 171 Å². The summed E-state index contributed by atoms with van der Waals surface area (Å²) in [4.78, 5) is 24.1. The van der Waals surface area contributed by atoms with Crippen LogP contribution < -0.4 is 16.0 Å². The zero-order chi connectivity index (χ0) is 20.0. The quantitative estimate of drug-likeness (QED) is 0.623. The maximum atomic E-state index is 13.6. The smallest absolute Gasteiger partial charge is 0.225 e. The van der Waals surface area contributed by atoms with Crippen molar-refractivity contribution in [2.75, 3.05) is 19.6 Å². The molecule has 2 rings (SSSR count). The minimum absolute atomic E-state index is 0. The number of carbonyl (C=O) groups excluding carboxylic acids is 2. The average molecular weight is 418 g/mol. The molecular weight excluding hydrogens is 388 g/mol. The van der Waals surface area contributed by atoms with Crippen molar-refractivity contribution in [1.82, 2.24) is 16.0 Å². The summed E-state index contributed by atoms with van der Waals surface area (Å²) < 4.78 is 26.8. The molecule has 1 saturated heterocycles. The molecule has 2 amide bonds. The van der Waals surface area contributed by atoms with Crippen molar-refractivity contribution >= 4 is 24.2 Å². The van der Waals surface area contributed by atoms with Crippen molar-refractivity contribution in [2.45, 2.75) is 52.0 Å². The van der Waals surface area contributed by atoms with Gasteiger partial charge in [0, 0.05) is 36.9 Å². The van der Waals surface area contributed by atoms with Crippen molar-refractivity contribution in [3.05, 3.63) is 35.4 Å². The van der Waals surface area contributed by atoms with Crippen LogP contribution in [0.4, 0.5) is 8.78 Å². The maximum Gasteiger partial charge on any atom is 0.225 e. The van der Waals surface area contributed by atoms with Gasteiger partial charge in [0.15, 0.2) is 11.6 Å². The highest BCUT2D eigenvalue weighted by atomic mass is 35.5. The summed E-state index contributed by atoms with van der Waals surface area (Å²) in [5.41, 5.74) is 0.242. The number of hydrogen-bond acceptors (Lipinski definition) is 3. The fraction of sp³-hybridized carbons (Fsp3) is 0.600. The number of carbonyl (C=O) groups is 2. The van der Waals surface area contributed by atoms with E-state index < -0.39 is 17.0 Å². The first-order valence-electron chi connectivity index (χ1n) is 9.42. The molecule has 1 aliphatic heterocycles. The summed E-state index contributed by atoms with van der Waals surface area (Å²) in [5.74, 6) is -1.96. The molecule has 0 aliphatic carbocycles. The number of halogens is 3. The summed E-state index contributed by atoms with van der Waals surface area (Å²) in [7, 11) is 0. The normalized spacial score (nSPS) is 19.5. The lowest BCUT2D eigenvalue weighted by Crippen LogP contribution is -2.50. The lowest BCUT2D eigenvalue weighted by Gasteiger charge is -2.33. The van der Waals surface area contributed by atoms with E-state index in [0.29, 0.717) is 31.5 Å². The monoisotopic (exact) mass is 417 g/mol. The van der Waals surface area contributed by atoms with Crippen molar-refractivity contribution in [3.8, 4) is 0 Å². The molecule has 28 heavy (non-hydrogen) atoms. The molecule has 158 valence electrons. The fourth-order valence-corrected chi connectivity index (χ4v) is 3.15. The Balaban J connectivity index is 0.00000392. The molecule has 1 fully saturated rings. The highest BCUT2D eigenvalue weighted by Gasteiger charge is 2.28. The molecule has 5 nitrogen and oxygen atoms in total. The first-order chi connectivity index (χ1) is 12.7. The molecule has 0 aromatic heterocycles. The fourth-order valence-electron chi connectivity index (χ4n) is 3.15. The Morgan fingerprint density at radius 3 is 2.57 bits per heavy atom. The van der Waals surface area contributed by atoms with Gasteiger partial charge in [-0.3, -0.25) is 9.59 Å². The lowest BCUT2D eigenvalue weighted by molar-refractivity contribution is -0.128. The molecule has 1 aromatic carbocycles. The van der Waals surface area contributed by atoms with Crippen LogP contribution in [0.2, 0.25) is 0 Å². The Bertz CT molecular complexity index is 680. The summed E-state index contributed by atoms with van der Waals surface area (Å²) in [6, 6.07) is 3.74. The molecule has 1 aliphatic rings. The number of benzene rings is 1. The first kappa shape index (κ1) is 24.3. The second-order valence-corrected chi connectivity index (χ2v) is 8.06. The Morgan fingerprint density at radius 2 is 1.93 bits per heavy atom. The van der Waals surface area contributed by atoms with Crippen LogP contribution in [0.15, 0.2) is 18.2 Å². The number of rotatable bonds is 6. The third-order valence-electron chi connectivity index (χ3n) is 4.75. The van der Waals surface area contributed by atoms with Gasteiger partial charge in [-0.1, -0.05) is 26.8 Å². The molecule has 2 unspecified atom stereocenters. The maximum absolute atomic E-state index is 13.6. The van der Waals surface area contributed by atoms with E-state index in [1.54, 1.807) is 6.07 Å². The Morgan fingerprint density at radius 1 is 1.21 bits per heavy atom. The predicted octanol–water partition coefficient (Wildman–Crippen LogP) is 2.89. The molecule has 1 heterocycles. The highest BCUT2D eigenvalue weighted by molar-refractivity contribution is 5.85. The molecule has 0 spiro atoms. The number of piperidine rings is 1. The molecule has 3 N–H and O–H groups in total. The average Bonchev–Trinajstić information content (AvgIpc) is 2.60. The molecule has 2 atom stereocenters. The van der Waals surface area contributed by atoms with E-state index in [1.807, 2.05) is 20.8 Å². The van der Waals surface area contributed by atoms with Gasteiger partial charge in [0.1, 0.15) is 0 Å². The van der Waals surface area contributed by atoms with E-state index in [4.69, 9.17) is 0 Å². The van der Waals surface area contributed by atoms with Crippen LogP contribution in [0.5, 0.6) is 0 Å². The van der Waals surface area contributed by atoms with Crippen LogP contribution >= 0.6 is 12.4 Å². The Hall–Kier alpha value is -1.73. The van der Waals surface area contributed by atoms with Crippen LogP contribution in [0.25, 0.3) is 0 Å². The zero-order valence-corrected chi connectivity index (χ0v) is 17.4. The highest BCUT2D eigenvalue weighted by Crippen LogP contribution is 2.27. The van der Waals surface area contributed by atoms with E-state index in [0.717, 1.165) is 19.0 Å². The van der Waals surface area contributed by atoms with Gasteiger partial charge in [-0.25, -0.2) is 8.78 Å². The Kier molecular flexibility index (Phi) is 9.30. The van der Waals surface area contributed by atoms with Gasteiger partial charge in [-0.2, -0.15) is 0 Å². The topological polar surface area (TPSA) is 70.2 Å². The molecule has 0 radical (unpaired) electrons. The van der Waals surface area contributed by atoms with Crippen LogP contribution in [0, 0.1) is 17.0 Å². The van der Waals surface area contributed by atoms with Crippen molar-refractivity contribution in [1.29, 1.82) is 0 Å². The number of hydrogen-bond donors (Lipinski definition) is 3. The number of nitrogens with one attached hydrogen (secondary N) is 3. The second kappa shape index (κ2) is 10.7. The summed E-state index contributed by atoms with van der Waals surface area (Å²) in [6.45, 7) is 7.29. The molecule has 0 saturated carbocycles. The van der Waals surface area contributed by atoms with Gasteiger partial charge in [-0.15, -0.1) is 12.4 Å². The van der Waals surface area contributed by atoms with Crippen molar-refractivity contribution < 1.29 is 18.4 Å². The van der Waals surface area contributed by atoms with Gasteiger partial charge in [0.25, 0.3) is 0 Å². The van der Waals surface area contributed by atoms with E-state index in [-0.39, 0.29) is 36.2 Å². The van der Waals surface area contributed by atoms with Crippen molar-refractivity contribution in [3.63, 3.8) is 0 Å². The first-order valence-corrected chi connectivity index (χ1v) is 9.42. The SMILES string of the molecule is CC(C)(C)C(=O)NCCCC(=O)NC1CNCCC1c1ccc(F)c(F)c1.Cl. The molecular formula is C20H30ClF2N3O2. The third kappa shape index (κ3) is 7.02. The summed E-state index contributed by atoms with van der Waals surface area (Å²) >= 11 is 0. The van der Waals surface area contributed by atoms with Crippen LogP contribution in [0.3, 0.4) is 0 Å². The molecule has 8 heteroatoms. The standard InChI is InChI=1S/C20H29F2N3O2.ClH/c1-20(2,3)19(27)24-9-4-5-18(26)25-17-12-23-10-8-14(17)13-6-7-15(21)16(22)11-13;/h6-7,11,14,17,23H,4-5,8-10,12H2,1-3H3,(H,24,27)(H,25,26);1H. The third-order valence-corrected chi connectivity index (χ3v) is 4.75. The molecule has 0 bridgehead atoms. The largest absolute Gasteiger partial charge is 0.356 e. The van der Waals surface area contributed by atoms with E-state index in [1.165, 1.54) is 6.07 Å². The van der Waals surface area contributed by atoms with E-state index >= 15 is 0 Å². The number of amides is 2. The van der Waals surface area contributed by atoms with Crippen LogP contribution in [-0.4, -0.2) is 37.5 Å². The predicted molar refractivity (Wildman–Crippen MR) is 107 cm³/mol. The van der Waals surface area contributed by atoms with Crippen LogP contribution in [0.1, 0.15) is 51.5 Å². The van der Waals surface area contributed by atoms with Gasteiger partial charge >= 0.3 is 0 Å². The van der Waals surface area contributed by atoms with Gasteiger partial charge < -0.3 is 16.0 Å². The van der Waals surface area contributed by atoms with Gasteiger partial charge in [-0.05, 0) is 37.1 Å². The van der Waals surface area contributed by atoms with Crippen LogP contribution in [-0.2, 0) is 9.59 Å². The van der Waals surface area contributed by atoms with Crippen molar-refractivity contribution in [2.24, 2.45) is 5.41 Å². The summed E-state index contributed by atoms with van der Waals surface area (Å²) in [5, 5.41) is 9.03. The molecule has 1 aromatic rings. The lowest BCUT2D eigenvalue weighted by atomic mass is 9.86. The van der Waals surface area contributed by atoms with Gasteiger partial charge in [0.05, 0.1) is 0 Å².